The van der Waals surface area contributed by atoms with Crippen molar-refractivity contribution in [3.63, 3.8) is 0 Å². The number of likely N-dealkylation sites (N-methyl/N-ethyl adjacent to an activating group) is 1. The maximum Gasteiger partial charge on any atom is 0.255 e. The van der Waals surface area contributed by atoms with Crippen LogP contribution >= 0.6 is 0 Å². The number of benzene rings is 2. The van der Waals surface area contributed by atoms with Gasteiger partial charge in [0, 0.05) is 26.3 Å². The molecule has 2 aromatic carbocycles. The molecule has 0 saturated heterocycles. The van der Waals surface area contributed by atoms with Crippen molar-refractivity contribution >= 4 is 11.6 Å². The summed E-state index contributed by atoms with van der Waals surface area (Å²) in [6.07, 6.45) is 0. The Balaban J connectivity index is 2.15. The Morgan fingerprint density at radius 1 is 1.00 bits per heavy atom. The number of hydrogen-bond donors (Lipinski definition) is 1. The van der Waals surface area contributed by atoms with E-state index in [9.17, 15) is 4.79 Å². The van der Waals surface area contributed by atoms with E-state index in [0.717, 1.165) is 11.3 Å². The summed E-state index contributed by atoms with van der Waals surface area (Å²) in [6, 6.07) is 13.7. The van der Waals surface area contributed by atoms with Crippen molar-refractivity contribution in [2.24, 2.45) is 0 Å². The molecule has 1 N–H and O–H groups in total. The van der Waals surface area contributed by atoms with Gasteiger partial charge < -0.3 is 24.6 Å². The predicted octanol–water partition coefficient (Wildman–Crippen LogP) is 2.80. The molecule has 0 spiro atoms. The van der Waals surface area contributed by atoms with Crippen molar-refractivity contribution in [1.82, 2.24) is 10.2 Å². The monoisotopic (exact) mass is 371 g/mol. The van der Waals surface area contributed by atoms with Gasteiger partial charge in [-0.2, -0.15) is 0 Å². The molecule has 0 aromatic heterocycles. The van der Waals surface area contributed by atoms with Gasteiger partial charge in [-0.05, 0) is 43.9 Å². The fourth-order valence-corrected chi connectivity index (χ4v) is 2.94. The minimum Gasteiger partial charge on any atom is -0.493 e. The van der Waals surface area contributed by atoms with E-state index in [1.807, 2.05) is 28.2 Å². The highest BCUT2D eigenvalue weighted by atomic mass is 16.5. The van der Waals surface area contributed by atoms with Crippen LogP contribution in [0.2, 0.25) is 0 Å². The highest BCUT2D eigenvalue weighted by Crippen LogP contribution is 2.30. The second kappa shape index (κ2) is 9.28. The standard InChI is InChI=1S/C21H29N3O3/c1-23(2)16-12-10-15(11-13-16)18(24(3)4)14-22-21(25)17-8-7-9-19(26-5)20(17)27-6/h7-13,18H,14H2,1-6H3,(H,22,25)/t18-/m0/s1. The van der Waals surface area contributed by atoms with Gasteiger partial charge >= 0.3 is 0 Å². The Labute approximate surface area is 161 Å². The molecule has 0 aliphatic carbocycles. The quantitative estimate of drug-likeness (QED) is 0.773. The molecule has 1 amide bonds. The van der Waals surface area contributed by atoms with Crippen LogP contribution in [0.25, 0.3) is 0 Å². The third kappa shape index (κ3) is 4.92. The van der Waals surface area contributed by atoms with Crippen LogP contribution in [0.3, 0.4) is 0 Å². The summed E-state index contributed by atoms with van der Waals surface area (Å²) in [5, 5.41) is 3.02. The predicted molar refractivity (Wildman–Crippen MR) is 109 cm³/mol. The first-order valence-corrected chi connectivity index (χ1v) is 8.82. The average molecular weight is 371 g/mol. The van der Waals surface area contributed by atoms with E-state index >= 15 is 0 Å². The van der Waals surface area contributed by atoms with E-state index in [1.54, 1.807) is 25.3 Å². The number of hydrogen-bond acceptors (Lipinski definition) is 5. The van der Waals surface area contributed by atoms with Crippen LogP contribution < -0.4 is 19.7 Å². The Morgan fingerprint density at radius 3 is 2.19 bits per heavy atom. The van der Waals surface area contributed by atoms with Crippen molar-refractivity contribution in [2.45, 2.75) is 6.04 Å². The molecule has 1 atom stereocenters. The summed E-state index contributed by atoms with van der Waals surface area (Å²) in [5.41, 5.74) is 2.74. The molecule has 146 valence electrons. The summed E-state index contributed by atoms with van der Waals surface area (Å²) in [7, 11) is 11.1. The number of nitrogens with one attached hydrogen (secondary N) is 1. The molecule has 0 unspecified atom stereocenters. The number of amides is 1. The number of methoxy groups -OCH3 is 2. The van der Waals surface area contributed by atoms with E-state index < -0.39 is 0 Å². The summed E-state index contributed by atoms with van der Waals surface area (Å²) >= 11 is 0. The fourth-order valence-electron chi connectivity index (χ4n) is 2.94. The van der Waals surface area contributed by atoms with Gasteiger partial charge in [-0.25, -0.2) is 0 Å². The zero-order chi connectivity index (χ0) is 20.0. The maximum absolute atomic E-state index is 12.7. The van der Waals surface area contributed by atoms with E-state index in [1.165, 1.54) is 7.11 Å². The van der Waals surface area contributed by atoms with Crippen LogP contribution in [0.5, 0.6) is 11.5 Å². The smallest absolute Gasteiger partial charge is 0.255 e. The Bertz CT molecular complexity index is 758. The summed E-state index contributed by atoms with van der Waals surface area (Å²) in [5.74, 6) is 0.783. The van der Waals surface area contributed by atoms with Crippen LogP contribution in [-0.2, 0) is 0 Å². The molecule has 2 rings (SSSR count). The molecule has 2 aromatic rings. The normalized spacial score (nSPS) is 11.8. The van der Waals surface area contributed by atoms with E-state index in [4.69, 9.17) is 9.47 Å². The highest BCUT2D eigenvalue weighted by molar-refractivity contribution is 5.97. The molecule has 0 fully saturated rings. The zero-order valence-electron chi connectivity index (χ0n) is 16.9. The third-order valence-corrected chi connectivity index (χ3v) is 4.52. The Kier molecular flexibility index (Phi) is 7.07. The third-order valence-electron chi connectivity index (χ3n) is 4.52. The van der Waals surface area contributed by atoms with Crippen molar-refractivity contribution in [2.75, 3.05) is 53.9 Å². The van der Waals surface area contributed by atoms with Crippen LogP contribution in [0.15, 0.2) is 42.5 Å². The van der Waals surface area contributed by atoms with Gasteiger partial charge in [0.25, 0.3) is 5.91 Å². The molecular formula is C21H29N3O3. The van der Waals surface area contributed by atoms with Crippen LogP contribution in [0.1, 0.15) is 22.0 Å². The molecule has 0 heterocycles. The Hall–Kier alpha value is -2.73. The fraction of sp³-hybridized carbons (Fsp3) is 0.381. The number of ether oxygens (including phenoxy) is 2. The number of anilines is 1. The number of nitrogens with zero attached hydrogens (tertiary/aromatic N) is 2. The first-order valence-electron chi connectivity index (χ1n) is 8.82. The minimum atomic E-state index is -0.192. The van der Waals surface area contributed by atoms with Crippen molar-refractivity contribution < 1.29 is 14.3 Å². The number of carbonyl (C=O) groups is 1. The Morgan fingerprint density at radius 2 is 1.67 bits per heavy atom. The minimum absolute atomic E-state index is 0.0572. The molecule has 0 saturated carbocycles. The summed E-state index contributed by atoms with van der Waals surface area (Å²) in [6.45, 7) is 0.480. The van der Waals surface area contributed by atoms with Gasteiger partial charge in [0.2, 0.25) is 0 Å². The van der Waals surface area contributed by atoms with Crippen LogP contribution in [0.4, 0.5) is 5.69 Å². The van der Waals surface area contributed by atoms with Gasteiger partial charge in [-0.1, -0.05) is 18.2 Å². The number of rotatable bonds is 8. The van der Waals surface area contributed by atoms with Gasteiger partial charge in [0.15, 0.2) is 11.5 Å². The lowest BCUT2D eigenvalue weighted by Crippen LogP contribution is -2.34. The van der Waals surface area contributed by atoms with Crippen LogP contribution in [-0.4, -0.2) is 59.8 Å². The lowest BCUT2D eigenvalue weighted by Gasteiger charge is -2.26. The summed E-state index contributed by atoms with van der Waals surface area (Å²) in [4.78, 5) is 16.9. The van der Waals surface area contributed by atoms with E-state index in [-0.39, 0.29) is 11.9 Å². The van der Waals surface area contributed by atoms with E-state index in [0.29, 0.717) is 23.6 Å². The first kappa shape index (κ1) is 20.6. The molecule has 27 heavy (non-hydrogen) atoms. The molecule has 0 aliphatic rings. The second-order valence-electron chi connectivity index (χ2n) is 6.72. The van der Waals surface area contributed by atoms with Crippen molar-refractivity contribution in [3.05, 3.63) is 53.6 Å². The van der Waals surface area contributed by atoms with Gasteiger partial charge in [-0.15, -0.1) is 0 Å². The zero-order valence-corrected chi connectivity index (χ0v) is 16.9. The van der Waals surface area contributed by atoms with Gasteiger partial charge in [-0.3, -0.25) is 4.79 Å². The lowest BCUT2D eigenvalue weighted by molar-refractivity contribution is 0.0938. The maximum atomic E-state index is 12.7. The largest absolute Gasteiger partial charge is 0.493 e. The summed E-state index contributed by atoms with van der Waals surface area (Å²) < 4.78 is 10.6. The molecule has 0 bridgehead atoms. The molecular weight excluding hydrogens is 342 g/mol. The molecule has 0 aliphatic heterocycles. The van der Waals surface area contributed by atoms with Crippen LogP contribution in [0, 0.1) is 0 Å². The van der Waals surface area contributed by atoms with Crippen molar-refractivity contribution in [1.29, 1.82) is 0 Å². The molecule has 6 heteroatoms. The van der Waals surface area contributed by atoms with Gasteiger partial charge in [0.1, 0.15) is 0 Å². The lowest BCUT2D eigenvalue weighted by atomic mass is 10.0. The van der Waals surface area contributed by atoms with Crippen molar-refractivity contribution in [3.8, 4) is 11.5 Å². The average Bonchev–Trinajstić information content (AvgIpc) is 2.67. The number of para-hydroxylation sites is 1. The highest BCUT2D eigenvalue weighted by Gasteiger charge is 2.19. The topological polar surface area (TPSA) is 54.0 Å². The first-order chi connectivity index (χ1) is 12.9. The number of carbonyl (C=O) groups excluding carboxylic acids is 1. The second-order valence-corrected chi connectivity index (χ2v) is 6.72. The SMILES string of the molecule is COc1cccc(C(=O)NC[C@@H](c2ccc(N(C)C)cc2)N(C)C)c1OC. The molecule has 6 nitrogen and oxygen atoms in total. The van der Waals surface area contributed by atoms with E-state index in [2.05, 4.69) is 39.4 Å². The molecule has 0 radical (unpaired) electrons. The van der Waals surface area contributed by atoms with Gasteiger partial charge in [0.05, 0.1) is 25.8 Å².